The molecule has 0 radical (unpaired) electrons. The normalized spacial score (nSPS) is 23.8. The number of aromatic nitrogens is 2. The number of carbonyl (C=O) groups excluding carboxylic acids is 8. The Morgan fingerprint density at radius 1 is 0.924 bits per heavy atom. The van der Waals surface area contributed by atoms with Crippen LogP contribution in [0.3, 0.4) is 0 Å². The molecule has 1 saturated carbocycles. The number of nitrogens with zero attached hydrogens (tertiary/aromatic N) is 4. The van der Waals surface area contributed by atoms with Gasteiger partial charge in [0.2, 0.25) is 35.3 Å². The Morgan fingerprint density at radius 3 is 2.27 bits per heavy atom. The second-order valence-corrected chi connectivity index (χ2v) is 20.0. The van der Waals surface area contributed by atoms with Crippen LogP contribution in [0, 0.1) is 17.3 Å². The quantitative estimate of drug-likeness (QED) is 0.126. The number of nitrogens with one attached hydrogen (secondary N) is 6. The van der Waals surface area contributed by atoms with Gasteiger partial charge < -0.3 is 36.8 Å². The number of ketones is 1. The molecule has 7 amide bonds. The van der Waals surface area contributed by atoms with Crippen molar-refractivity contribution in [2.45, 2.75) is 161 Å². The molecule has 18 heteroatoms. The molecular weight excluding hydrogens is 845 g/mol. The van der Waals surface area contributed by atoms with Crippen molar-refractivity contribution < 1.29 is 38.4 Å². The lowest BCUT2D eigenvalue weighted by atomic mass is 9.82. The van der Waals surface area contributed by atoms with Gasteiger partial charge in [-0.3, -0.25) is 48.2 Å². The van der Waals surface area contributed by atoms with Crippen LogP contribution in [0.4, 0.5) is 0 Å². The highest BCUT2D eigenvalue weighted by atomic mass is 16.2. The van der Waals surface area contributed by atoms with Crippen LogP contribution in [-0.4, -0.2) is 122 Å². The standard InChI is InChI=1S/C48H68N10O8/c1-8-15-33(39(60)45(65)51-29(4)30-16-11-9-12-17-30)53-42(62)36-24-48(56-43(63)35-23-32(26-58(35)48)52-37(59)22-28(2)3)27-57(36)46(66)40(47(5,6)7)55-44(64)38(31-18-13-10-14-19-31)54-41(61)34-25-49-20-21-50-34/h9,11-12,16-17,20-21,25,28-29,31-33,35-36,38,40H,8,10,13-15,18-19,22-24,26-27H2,1-7H3,(H,51,65)(H,52,59)(H,53,62)(H,54,61)(H,55,64)(H,56,63)/t29-,32+,33?,35+,36-,38-,40+,48?/m0/s1. The molecule has 6 rings (SSSR count). The lowest BCUT2D eigenvalue weighted by Crippen LogP contribution is -2.62. The first-order valence-corrected chi connectivity index (χ1v) is 23.6. The van der Waals surface area contributed by atoms with Gasteiger partial charge in [-0.2, -0.15) is 0 Å². The fourth-order valence-corrected chi connectivity index (χ4v) is 9.97. The zero-order chi connectivity index (χ0) is 47.9. The largest absolute Gasteiger partial charge is 0.352 e. The summed E-state index contributed by atoms with van der Waals surface area (Å²) in [5.74, 6) is -4.72. The van der Waals surface area contributed by atoms with Gasteiger partial charge in [0.25, 0.3) is 11.8 Å². The van der Waals surface area contributed by atoms with Crippen molar-refractivity contribution in [2.24, 2.45) is 17.3 Å². The van der Waals surface area contributed by atoms with E-state index in [0.29, 0.717) is 32.1 Å². The first-order valence-electron chi connectivity index (χ1n) is 23.6. The van der Waals surface area contributed by atoms with E-state index in [-0.39, 0.29) is 61.3 Å². The molecule has 0 bridgehead atoms. The predicted octanol–water partition coefficient (Wildman–Crippen LogP) is 2.45. The van der Waals surface area contributed by atoms with Gasteiger partial charge in [-0.1, -0.05) is 97.6 Å². The third-order valence-corrected chi connectivity index (χ3v) is 13.4. The SMILES string of the molecule is CCCC(NC(=O)[C@@H]1CC2(CN1C(=O)[C@@H](NC(=O)[C@@H](NC(=O)c1cnccn1)C1CCCCC1)C(C)(C)C)NC(=O)[C@H]1C[C@@H](NC(=O)CC(C)C)CN12)C(=O)C(=O)N[C@@H](C)c1ccccc1. The van der Waals surface area contributed by atoms with Crippen molar-refractivity contribution in [3.05, 3.63) is 60.2 Å². The van der Waals surface area contributed by atoms with Gasteiger partial charge in [0.15, 0.2) is 0 Å². The van der Waals surface area contributed by atoms with E-state index >= 15 is 4.79 Å². The van der Waals surface area contributed by atoms with Gasteiger partial charge in [0, 0.05) is 37.8 Å². The summed E-state index contributed by atoms with van der Waals surface area (Å²) in [6.45, 7) is 12.9. The maximum Gasteiger partial charge on any atom is 0.290 e. The molecule has 3 saturated heterocycles. The monoisotopic (exact) mass is 913 g/mol. The van der Waals surface area contributed by atoms with E-state index in [1.165, 1.54) is 23.5 Å². The molecule has 1 aliphatic carbocycles. The van der Waals surface area contributed by atoms with E-state index < -0.39 is 82.6 Å². The topological polar surface area (TPSA) is 241 Å². The fraction of sp³-hybridized carbons (Fsp3) is 0.625. The Hall–Kier alpha value is -5.78. The minimum absolute atomic E-state index is 0.0365. The molecule has 4 fully saturated rings. The molecule has 8 atom stereocenters. The van der Waals surface area contributed by atoms with Crippen LogP contribution >= 0.6 is 0 Å². The van der Waals surface area contributed by atoms with Crippen molar-refractivity contribution in [2.75, 3.05) is 13.1 Å². The van der Waals surface area contributed by atoms with Crippen LogP contribution < -0.4 is 31.9 Å². The van der Waals surface area contributed by atoms with E-state index in [1.807, 2.05) is 56.0 Å². The predicted molar refractivity (Wildman–Crippen MR) is 244 cm³/mol. The highest BCUT2D eigenvalue weighted by molar-refractivity contribution is 6.38. The Bertz CT molecular complexity index is 2110. The average molecular weight is 913 g/mol. The van der Waals surface area contributed by atoms with Gasteiger partial charge >= 0.3 is 0 Å². The van der Waals surface area contributed by atoms with Crippen LogP contribution in [0.15, 0.2) is 48.9 Å². The number of likely N-dealkylation sites (tertiary alicyclic amines) is 1. The number of rotatable bonds is 17. The van der Waals surface area contributed by atoms with Crippen molar-refractivity contribution in [1.29, 1.82) is 0 Å². The first-order chi connectivity index (χ1) is 31.3. The summed E-state index contributed by atoms with van der Waals surface area (Å²) in [5.41, 5.74) is -1.36. The van der Waals surface area contributed by atoms with E-state index in [4.69, 9.17) is 0 Å². The van der Waals surface area contributed by atoms with Crippen molar-refractivity contribution in [3.63, 3.8) is 0 Å². The van der Waals surface area contributed by atoms with Gasteiger partial charge in [0.1, 0.15) is 29.5 Å². The Balaban J connectivity index is 1.29. The van der Waals surface area contributed by atoms with Gasteiger partial charge in [-0.15, -0.1) is 0 Å². The molecular formula is C48H68N10O8. The van der Waals surface area contributed by atoms with E-state index in [2.05, 4.69) is 41.9 Å². The highest BCUT2D eigenvalue weighted by Gasteiger charge is 2.62. The maximum atomic E-state index is 15.3. The molecule has 1 aromatic carbocycles. The lowest BCUT2D eigenvalue weighted by molar-refractivity contribution is -0.145. The average Bonchev–Trinajstić information content (AvgIpc) is 3.96. The smallest absolute Gasteiger partial charge is 0.290 e. The zero-order valence-corrected chi connectivity index (χ0v) is 39.4. The second kappa shape index (κ2) is 21.2. The van der Waals surface area contributed by atoms with Crippen molar-refractivity contribution in [1.82, 2.24) is 51.7 Å². The number of benzene rings is 1. The minimum atomic E-state index is -1.27. The lowest BCUT2D eigenvalue weighted by Gasteiger charge is -2.38. The number of fused-ring (bicyclic) bond motifs is 2. The second-order valence-electron chi connectivity index (χ2n) is 20.0. The third-order valence-electron chi connectivity index (χ3n) is 13.4. The summed E-state index contributed by atoms with van der Waals surface area (Å²) < 4.78 is 0. The van der Waals surface area contributed by atoms with Gasteiger partial charge in [-0.05, 0) is 55.4 Å². The molecule has 18 nitrogen and oxygen atoms in total. The first kappa shape index (κ1) is 49.6. The van der Waals surface area contributed by atoms with E-state index in [9.17, 15) is 33.6 Å². The third kappa shape index (κ3) is 11.6. The number of amides is 7. The number of hydrogen-bond donors (Lipinski definition) is 6. The number of carbonyl (C=O) groups is 8. The summed E-state index contributed by atoms with van der Waals surface area (Å²) in [5, 5.41) is 17.6. The van der Waals surface area contributed by atoms with E-state index in [1.54, 1.807) is 27.7 Å². The number of hydrogen-bond acceptors (Lipinski definition) is 11. The van der Waals surface area contributed by atoms with Crippen LogP contribution in [0.5, 0.6) is 0 Å². The maximum absolute atomic E-state index is 15.3. The molecule has 66 heavy (non-hydrogen) atoms. The minimum Gasteiger partial charge on any atom is -0.352 e. The fourth-order valence-electron chi connectivity index (χ4n) is 9.97. The van der Waals surface area contributed by atoms with Crippen molar-refractivity contribution in [3.8, 4) is 0 Å². The van der Waals surface area contributed by atoms with E-state index in [0.717, 1.165) is 24.8 Å². The Morgan fingerprint density at radius 2 is 1.64 bits per heavy atom. The van der Waals surface area contributed by atoms with Crippen molar-refractivity contribution >= 4 is 47.1 Å². The number of Topliss-reactive ketones (excluding diaryl/α,β-unsaturated/α-hetero) is 1. The molecule has 1 spiro atoms. The Kier molecular flexibility index (Phi) is 16.0. The molecule has 4 heterocycles. The van der Waals surface area contributed by atoms with Crippen LogP contribution in [0.1, 0.15) is 135 Å². The molecule has 358 valence electrons. The molecule has 2 unspecified atom stereocenters. The highest BCUT2D eigenvalue weighted by Crippen LogP contribution is 2.41. The van der Waals surface area contributed by atoms with Gasteiger partial charge in [0.05, 0.1) is 30.9 Å². The molecule has 6 N–H and O–H groups in total. The van der Waals surface area contributed by atoms with Crippen LogP contribution in [0.25, 0.3) is 0 Å². The Labute approximate surface area is 387 Å². The van der Waals surface area contributed by atoms with Gasteiger partial charge in [-0.25, -0.2) is 4.98 Å². The summed E-state index contributed by atoms with van der Waals surface area (Å²) in [6, 6.07) is 2.90. The summed E-state index contributed by atoms with van der Waals surface area (Å²) in [7, 11) is 0. The molecule has 3 aliphatic heterocycles. The van der Waals surface area contributed by atoms with Crippen LogP contribution in [0.2, 0.25) is 0 Å². The molecule has 2 aromatic rings. The molecule has 1 aromatic heterocycles. The zero-order valence-electron chi connectivity index (χ0n) is 39.4. The summed E-state index contributed by atoms with van der Waals surface area (Å²) in [6.07, 6.45) is 9.37. The summed E-state index contributed by atoms with van der Waals surface area (Å²) >= 11 is 0. The summed E-state index contributed by atoms with van der Waals surface area (Å²) in [4.78, 5) is 123. The molecule has 4 aliphatic rings. The van der Waals surface area contributed by atoms with Crippen LogP contribution in [-0.2, 0) is 33.6 Å².